The highest BCUT2D eigenvalue weighted by atomic mass is 32.2. The maximum absolute atomic E-state index is 13.1. The lowest BCUT2D eigenvalue weighted by Gasteiger charge is -2.36. The summed E-state index contributed by atoms with van der Waals surface area (Å²) in [5.41, 5.74) is 3.26. The third-order valence-electron chi connectivity index (χ3n) is 5.28. The van der Waals surface area contributed by atoms with E-state index in [0.717, 1.165) is 16.5 Å². The molecule has 1 saturated heterocycles. The van der Waals surface area contributed by atoms with Gasteiger partial charge in [0.05, 0.1) is 16.8 Å². The Bertz CT molecular complexity index is 978. The van der Waals surface area contributed by atoms with Crippen LogP contribution in [0.4, 0.5) is 0 Å². The van der Waals surface area contributed by atoms with Gasteiger partial charge in [-0.1, -0.05) is 25.5 Å². The number of amides is 1. The van der Waals surface area contributed by atoms with Crippen LogP contribution in [-0.2, 0) is 10.2 Å². The fraction of sp³-hybridized carbons (Fsp3) is 0.500. The minimum atomic E-state index is -3.46. The van der Waals surface area contributed by atoms with Gasteiger partial charge in [0.15, 0.2) is 0 Å². The number of carbonyl (C=O) groups excluding carboxylic acids is 1. The minimum absolute atomic E-state index is 0.0895. The lowest BCUT2D eigenvalue weighted by atomic mass is 10.1. The molecular formula is C20H28N4O3S. The van der Waals surface area contributed by atoms with Crippen molar-refractivity contribution in [3.8, 4) is 0 Å². The van der Waals surface area contributed by atoms with Crippen LogP contribution in [0.1, 0.15) is 35.5 Å². The third-order valence-corrected chi connectivity index (χ3v) is 7.46. The molecule has 1 amide bonds. The van der Waals surface area contributed by atoms with Crippen LogP contribution in [-0.4, -0.2) is 72.1 Å². The van der Waals surface area contributed by atoms with Crippen molar-refractivity contribution in [2.75, 3.05) is 39.3 Å². The Morgan fingerprint density at radius 1 is 1.07 bits per heavy atom. The van der Waals surface area contributed by atoms with Gasteiger partial charge in [-0.25, -0.2) is 0 Å². The van der Waals surface area contributed by atoms with Crippen molar-refractivity contribution in [1.82, 2.24) is 18.5 Å². The number of carbonyl (C=O) groups is 1. The van der Waals surface area contributed by atoms with Crippen LogP contribution in [0.5, 0.6) is 0 Å². The van der Waals surface area contributed by atoms with Gasteiger partial charge in [0.25, 0.3) is 16.1 Å². The smallest absolute Gasteiger partial charge is 0.282 e. The number of benzene rings is 1. The molecule has 1 aromatic carbocycles. The van der Waals surface area contributed by atoms with Gasteiger partial charge in [-0.15, -0.1) is 0 Å². The van der Waals surface area contributed by atoms with E-state index < -0.39 is 10.2 Å². The van der Waals surface area contributed by atoms with Crippen LogP contribution in [0, 0.1) is 13.8 Å². The van der Waals surface area contributed by atoms with E-state index in [0.29, 0.717) is 50.5 Å². The van der Waals surface area contributed by atoms with E-state index in [1.807, 2.05) is 52.0 Å². The van der Waals surface area contributed by atoms with E-state index in [9.17, 15) is 13.2 Å². The molecule has 2 aromatic rings. The first kappa shape index (κ1) is 20.7. The molecule has 8 heteroatoms. The van der Waals surface area contributed by atoms with Crippen molar-refractivity contribution in [3.63, 3.8) is 0 Å². The van der Waals surface area contributed by atoms with Gasteiger partial charge < -0.3 is 4.90 Å². The van der Waals surface area contributed by atoms with Gasteiger partial charge in [0.1, 0.15) is 0 Å². The Morgan fingerprint density at radius 3 is 2.32 bits per heavy atom. The molecule has 0 saturated carbocycles. The topological polar surface area (TPSA) is 73.8 Å². The molecule has 1 aliphatic rings. The zero-order valence-corrected chi connectivity index (χ0v) is 17.8. The lowest BCUT2D eigenvalue weighted by Crippen LogP contribution is -2.54. The van der Waals surface area contributed by atoms with Crippen molar-refractivity contribution in [1.29, 1.82) is 0 Å². The average molecular weight is 405 g/mol. The normalized spacial score (nSPS) is 16.1. The first-order valence-electron chi connectivity index (χ1n) is 9.70. The number of pyridine rings is 1. The second-order valence-corrected chi connectivity index (χ2v) is 9.03. The number of aromatic nitrogens is 1. The quantitative estimate of drug-likeness (QED) is 0.766. The lowest BCUT2D eigenvalue weighted by molar-refractivity contribution is 0.0693. The highest BCUT2D eigenvalue weighted by molar-refractivity contribution is 7.86. The number of nitrogens with zero attached hydrogens (tertiary/aromatic N) is 4. The minimum Gasteiger partial charge on any atom is -0.336 e. The summed E-state index contributed by atoms with van der Waals surface area (Å²) in [5, 5.41) is 0.941. The zero-order chi connectivity index (χ0) is 20.5. The first-order chi connectivity index (χ1) is 13.3. The van der Waals surface area contributed by atoms with Crippen LogP contribution < -0.4 is 0 Å². The summed E-state index contributed by atoms with van der Waals surface area (Å²) in [6.07, 6.45) is 0. The second kappa shape index (κ2) is 8.14. The highest BCUT2D eigenvalue weighted by Crippen LogP contribution is 2.21. The number of hydrogen-bond acceptors (Lipinski definition) is 4. The molecule has 1 aliphatic heterocycles. The van der Waals surface area contributed by atoms with Crippen molar-refractivity contribution in [2.24, 2.45) is 0 Å². The summed E-state index contributed by atoms with van der Waals surface area (Å²) in [4.78, 5) is 19.4. The fourth-order valence-electron chi connectivity index (χ4n) is 3.61. The summed E-state index contributed by atoms with van der Waals surface area (Å²) in [5.74, 6) is -0.0895. The third kappa shape index (κ3) is 3.90. The summed E-state index contributed by atoms with van der Waals surface area (Å²) < 4.78 is 28.2. The van der Waals surface area contributed by atoms with E-state index in [1.54, 1.807) is 4.90 Å². The van der Waals surface area contributed by atoms with Crippen molar-refractivity contribution in [3.05, 3.63) is 41.1 Å². The van der Waals surface area contributed by atoms with Gasteiger partial charge in [-0.05, 0) is 32.0 Å². The Balaban J connectivity index is 1.77. The van der Waals surface area contributed by atoms with E-state index in [1.165, 1.54) is 8.61 Å². The van der Waals surface area contributed by atoms with Crippen LogP contribution in [0.3, 0.4) is 0 Å². The molecule has 0 unspecified atom stereocenters. The van der Waals surface area contributed by atoms with Crippen LogP contribution in [0.15, 0.2) is 24.3 Å². The monoisotopic (exact) mass is 404 g/mol. The molecule has 0 atom stereocenters. The molecular weight excluding hydrogens is 376 g/mol. The van der Waals surface area contributed by atoms with E-state index in [2.05, 4.69) is 4.98 Å². The molecule has 0 N–H and O–H groups in total. The molecule has 152 valence electrons. The predicted molar refractivity (Wildman–Crippen MR) is 111 cm³/mol. The van der Waals surface area contributed by atoms with Crippen molar-refractivity contribution in [2.45, 2.75) is 27.7 Å². The zero-order valence-electron chi connectivity index (χ0n) is 17.0. The first-order valence-corrected chi connectivity index (χ1v) is 11.1. The number of piperazine rings is 1. The maximum Gasteiger partial charge on any atom is 0.282 e. The van der Waals surface area contributed by atoms with Crippen LogP contribution >= 0.6 is 0 Å². The molecule has 1 aromatic heterocycles. The molecule has 3 rings (SSSR count). The highest BCUT2D eigenvalue weighted by Gasteiger charge is 2.32. The van der Waals surface area contributed by atoms with Gasteiger partial charge >= 0.3 is 0 Å². The number of aryl methyl sites for hydroxylation is 2. The molecule has 28 heavy (non-hydrogen) atoms. The maximum atomic E-state index is 13.1. The average Bonchev–Trinajstić information content (AvgIpc) is 2.68. The molecule has 0 radical (unpaired) electrons. The Kier molecular flexibility index (Phi) is 6.02. The number of hydrogen-bond donors (Lipinski definition) is 0. The Hall–Kier alpha value is -2.03. The summed E-state index contributed by atoms with van der Waals surface area (Å²) >= 11 is 0. The van der Waals surface area contributed by atoms with Gasteiger partial charge in [-0.2, -0.15) is 17.0 Å². The largest absolute Gasteiger partial charge is 0.336 e. The molecule has 0 aliphatic carbocycles. The molecule has 1 fully saturated rings. The molecule has 7 nitrogen and oxygen atoms in total. The van der Waals surface area contributed by atoms with Crippen molar-refractivity contribution < 1.29 is 13.2 Å². The summed E-state index contributed by atoms with van der Waals surface area (Å²) in [6.45, 7) is 9.78. The predicted octanol–water partition coefficient (Wildman–Crippen LogP) is 2.20. The molecule has 0 bridgehead atoms. The molecule has 0 spiro atoms. The number of rotatable bonds is 5. The van der Waals surface area contributed by atoms with E-state index >= 15 is 0 Å². The Morgan fingerprint density at radius 2 is 1.71 bits per heavy atom. The van der Waals surface area contributed by atoms with Crippen molar-refractivity contribution >= 4 is 27.0 Å². The van der Waals surface area contributed by atoms with Gasteiger partial charge in [0.2, 0.25) is 0 Å². The SMILES string of the molecule is CCN(CC)S(=O)(=O)N1CCN(C(=O)c2cc3cc(C)ccc3nc2C)CC1. The van der Waals surface area contributed by atoms with Gasteiger partial charge in [-0.3, -0.25) is 9.78 Å². The van der Waals surface area contributed by atoms with E-state index in [-0.39, 0.29) is 5.91 Å². The number of fused-ring (bicyclic) bond motifs is 1. The van der Waals surface area contributed by atoms with E-state index in [4.69, 9.17) is 0 Å². The Labute approximate surface area is 167 Å². The van der Waals surface area contributed by atoms with Crippen LogP contribution in [0.25, 0.3) is 10.9 Å². The van der Waals surface area contributed by atoms with Gasteiger partial charge in [0, 0.05) is 44.7 Å². The standard InChI is InChI=1S/C20H28N4O3S/c1-5-23(6-2)28(26,27)24-11-9-22(10-12-24)20(25)18-14-17-13-15(3)7-8-19(17)21-16(18)4/h7-8,13-14H,5-6,9-12H2,1-4H3. The van der Waals surface area contributed by atoms with Crippen LogP contribution in [0.2, 0.25) is 0 Å². The fourth-order valence-corrected chi connectivity index (χ4v) is 5.22. The second-order valence-electron chi connectivity index (χ2n) is 7.10. The molecule has 2 heterocycles. The summed E-state index contributed by atoms with van der Waals surface area (Å²) in [7, 11) is -3.46. The summed E-state index contributed by atoms with van der Waals surface area (Å²) in [6, 6.07) is 7.88.